The summed E-state index contributed by atoms with van der Waals surface area (Å²) in [5.74, 6) is 0.994. The maximum atomic E-state index is 6.17. The summed E-state index contributed by atoms with van der Waals surface area (Å²) in [6.45, 7) is 4.02. The lowest BCUT2D eigenvalue weighted by atomic mass is 9.94. The van der Waals surface area contributed by atoms with Crippen LogP contribution < -0.4 is 5.73 Å². The highest BCUT2D eigenvalue weighted by Gasteiger charge is 2.30. The monoisotopic (exact) mass is 238 g/mol. The maximum absolute atomic E-state index is 6.17. The Morgan fingerprint density at radius 3 is 2.75 bits per heavy atom. The van der Waals surface area contributed by atoms with Gasteiger partial charge in [-0.1, -0.05) is 19.0 Å². The smallest absolute Gasteiger partial charge is 0.247 e. The Morgan fingerprint density at radius 2 is 2.19 bits per heavy atom. The first-order valence-electron chi connectivity index (χ1n) is 5.21. The largest absolute Gasteiger partial charge is 0.337 e. The molecule has 86 valence electrons. The van der Waals surface area contributed by atoms with Crippen LogP contribution in [0.5, 0.6) is 0 Å². The molecule has 0 aliphatic heterocycles. The molecular weight excluding hydrogens is 224 g/mol. The minimum atomic E-state index is -0.527. The second-order valence-corrected chi connectivity index (χ2v) is 4.38. The molecule has 0 radical (unpaired) electrons. The second-order valence-electron chi connectivity index (χ2n) is 3.66. The van der Waals surface area contributed by atoms with E-state index in [1.807, 2.05) is 19.2 Å². The number of hydrogen-bond donors (Lipinski definition) is 1. The summed E-state index contributed by atoms with van der Waals surface area (Å²) in [7, 11) is 0. The van der Waals surface area contributed by atoms with Gasteiger partial charge in [0.1, 0.15) is 5.69 Å². The summed E-state index contributed by atoms with van der Waals surface area (Å²) in [5, 5.41) is 5.78. The third kappa shape index (κ3) is 1.85. The van der Waals surface area contributed by atoms with Gasteiger partial charge in [0.05, 0.1) is 11.0 Å². The highest BCUT2D eigenvalue weighted by atomic mass is 32.1. The van der Waals surface area contributed by atoms with Gasteiger partial charge in [-0.3, -0.25) is 0 Å². The van der Waals surface area contributed by atoms with Crippen LogP contribution >= 0.6 is 11.3 Å². The summed E-state index contributed by atoms with van der Waals surface area (Å²) in [5.41, 5.74) is 8.11. The molecule has 0 amide bonds. The molecule has 2 aromatic rings. The van der Waals surface area contributed by atoms with E-state index in [9.17, 15) is 0 Å². The predicted octanol–water partition coefficient (Wildman–Crippen LogP) is 2.17. The van der Waals surface area contributed by atoms with Crippen LogP contribution in [0.2, 0.25) is 0 Å². The summed E-state index contributed by atoms with van der Waals surface area (Å²) in [4.78, 5) is 8.43. The van der Waals surface area contributed by atoms with Crippen molar-refractivity contribution in [2.24, 2.45) is 5.73 Å². The fourth-order valence-electron chi connectivity index (χ4n) is 1.41. The lowest BCUT2D eigenvalue weighted by molar-refractivity contribution is 0.268. The molecule has 0 aromatic carbocycles. The Hall–Kier alpha value is -1.27. The first-order chi connectivity index (χ1) is 7.69. The summed E-state index contributed by atoms with van der Waals surface area (Å²) in [6.07, 6.45) is 1.53. The molecule has 0 atom stereocenters. The third-order valence-electron chi connectivity index (χ3n) is 2.78. The molecule has 0 saturated heterocycles. The molecular formula is C10H14N4OS. The molecule has 0 fully saturated rings. The lowest BCUT2D eigenvalue weighted by Crippen LogP contribution is -2.35. The van der Waals surface area contributed by atoms with Crippen LogP contribution in [0.1, 0.15) is 32.6 Å². The molecule has 0 bridgehead atoms. The van der Waals surface area contributed by atoms with Gasteiger partial charge in [-0.2, -0.15) is 4.98 Å². The molecule has 0 aliphatic rings. The van der Waals surface area contributed by atoms with Gasteiger partial charge in [0.2, 0.25) is 11.7 Å². The topological polar surface area (TPSA) is 77.8 Å². The number of thiazole rings is 1. The van der Waals surface area contributed by atoms with Crippen molar-refractivity contribution in [1.29, 1.82) is 0 Å². The van der Waals surface area contributed by atoms with Gasteiger partial charge >= 0.3 is 0 Å². The third-order valence-corrected chi connectivity index (χ3v) is 3.36. The molecule has 2 N–H and O–H groups in total. The Labute approximate surface area is 97.7 Å². The first kappa shape index (κ1) is 11.2. The molecule has 2 rings (SSSR count). The Bertz CT molecular complexity index is 447. The zero-order chi connectivity index (χ0) is 11.6. The van der Waals surface area contributed by atoms with Gasteiger partial charge in [0, 0.05) is 5.38 Å². The fourth-order valence-corrected chi connectivity index (χ4v) is 1.94. The Balaban J connectivity index is 2.33. The van der Waals surface area contributed by atoms with Crippen LogP contribution in [0.3, 0.4) is 0 Å². The molecule has 5 nitrogen and oxygen atoms in total. The first-order valence-corrected chi connectivity index (χ1v) is 6.15. The lowest BCUT2D eigenvalue weighted by Gasteiger charge is -2.20. The Kier molecular flexibility index (Phi) is 3.02. The number of hydrogen-bond acceptors (Lipinski definition) is 6. The SMILES string of the molecule is CCC(N)(CC)c1nc(-c2cscn2)no1. The van der Waals surface area contributed by atoms with Crippen molar-refractivity contribution < 1.29 is 4.52 Å². The highest BCUT2D eigenvalue weighted by molar-refractivity contribution is 7.07. The molecule has 0 spiro atoms. The van der Waals surface area contributed by atoms with Gasteiger partial charge in [-0.05, 0) is 12.8 Å². The van der Waals surface area contributed by atoms with E-state index in [1.165, 1.54) is 11.3 Å². The standard InChI is InChI=1S/C10H14N4OS/c1-3-10(11,4-2)9-13-8(14-15-9)7-5-16-6-12-7/h5-6H,3-4,11H2,1-2H3. The van der Waals surface area contributed by atoms with Crippen molar-refractivity contribution in [2.45, 2.75) is 32.2 Å². The quantitative estimate of drug-likeness (QED) is 0.883. The van der Waals surface area contributed by atoms with E-state index in [0.717, 1.165) is 18.5 Å². The minimum Gasteiger partial charge on any atom is -0.337 e. The number of nitrogens with zero attached hydrogens (tertiary/aromatic N) is 3. The molecule has 2 aromatic heterocycles. The average Bonchev–Trinajstić information content (AvgIpc) is 2.97. The van der Waals surface area contributed by atoms with Crippen molar-refractivity contribution in [3.05, 3.63) is 16.8 Å². The molecule has 0 unspecified atom stereocenters. The van der Waals surface area contributed by atoms with Crippen LogP contribution in [-0.4, -0.2) is 15.1 Å². The number of nitrogens with two attached hydrogens (primary N) is 1. The van der Waals surface area contributed by atoms with Crippen molar-refractivity contribution in [3.8, 4) is 11.5 Å². The van der Waals surface area contributed by atoms with Crippen LogP contribution in [0.25, 0.3) is 11.5 Å². The van der Waals surface area contributed by atoms with Crippen molar-refractivity contribution in [1.82, 2.24) is 15.1 Å². The predicted molar refractivity (Wildman–Crippen MR) is 61.9 cm³/mol. The van der Waals surface area contributed by atoms with Crippen LogP contribution in [0.4, 0.5) is 0 Å². The van der Waals surface area contributed by atoms with Gasteiger partial charge < -0.3 is 10.3 Å². The van der Waals surface area contributed by atoms with E-state index in [2.05, 4.69) is 15.1 Å². The average molecular weight is 238 g/mol. The van der Waals surface area contributed by atoms with E-state index < -0.39 is 5.54 Å². The fraction of sp³-hybridized carbons (Fsp3) is 0.500. The zero-order valence-electron chi connectivity index (χ0n) is 9.30. The van der Waals surface area contributed by atoms with Gasteiger partial charge in [-0.15, -0.1) is 11.3 Å². The summed E-state index contributed by atoms with van der Waals surface area (Å²) >= 11 is 1.50. The van der Waals surface area contributed by atoms with E-state index in [-0.39, 0.29) is 0 Å². The summed E-state index contributed by atoms with van der Waals surface area (Å²) < 4.78 is 5.21. The molecule has 6 heteroatoms. The normalized spacial score (nSPS) is 11.9. The number of rotatable bonds is 4. The van der Waals surface area contributed by atoms with Crippen LogP contribution in [0, 0.1) is 0 Å². The highest BCUT2D eigenvalue weighted by Crippen LogP contribution is 2.26. The molecule has 0 aliphatic carbocycles. The molecule has 16 heavy (non-hydrogen) atoms. The number of aromatic nitrogens is 3. The van der Waals surface area contributed by atoms with E-state index in [0.29, 0.717) is 11.7 Å². The van der Waals surface area contributed by atoms with Gasteiger partial charge in [0.25, 0.3) is 0 Å². The second kappa shape index (κ2) is 4.31. The van der Waals surface area contributed by atoms with Gasteiger partial charge in [0.15, 0.2) is 0 Å². The van der Waals surface area contributed by atoms with E-state index in [4.69, 9.17) is 10.3 Å². The Morgan fingerprint density at radius 1 is 1.44 bits per heavy atom. The van der Waals surface area contributed by atoms with E-state index >= 15 is 0 Å². The molecule has 2 heterocycles. The van der Waals surface area contributed by atoms with Crippen LogP contribution in [0.15, 0.2) is 15.4 Å². The van der Waals surface area contributed by atoms with Crippen molar-refractivity contribution in [3.63, 3.8) is 0 Å². The van der Waals surface area contributed by atoms with E-state index in [1.54, 1.807) is 5.51 Å². The zero-order valence-corrected chi connectivity index (χ0v) is 10.1. The van der Waals surface area contributed by atoms with Gasteiger partial charge in [-0.25, -0.2) is 4.98 Å². The maximum Gasteiger partial charge on any atom is 0.247 e. The minimum absolute atomic E-state index is 0.487. The molecule has 0 saturated carbocycles. The van der Waals surface area contributed by atoms with Crippen LogP contribution in [-0.2, 0) is 5.54 Å². The van der Waals surface area contributed by atoms with Crippen molar-refractivity contribution in [2.75, 3.05) is 0 Å². The summed E-state index contributed by atoms with van der Waals surface area (Å²) in [6, 6.07) is 0. The van der Waals surface area contributed by atoms with Crippen molar-refractivity contribution >= 4 is 11.3 Å².